The molecule has 102 valence electrons. The second kappa shape index (κ2) is 5.74. The van der Waals surface area contributed by atoms with Crippen LogP contribution < -0.4 is 11.1 Å². The van der Waals surface area contributed by atoms with E-state index >= 15 is 0 Å². The first-order chi connectivity index (χ1) is 9.58. The van der Waals surface area contributed by atoms with Crippen LogP contribution >= 0.6 is 0 Å². The summed E-state index contributed by atoms with van der Waals surface area (Å²) in [5, 5.41) is 13.4. The van der Waals surface area contributed by atoms with Gasteiger partial charge in [-0.05, 0) is 0 Å². The minimum Gasteiger partial charge on any atom is -0.382 e. The number of nitrogens with one attached hydrogen (secondary N) is 1. The number of anilines is 1. The van der Waals surface area contributed by atoms with Gasteiger partial charge >= 0.3 is 0 Å². The van der Waals surface area contributed by atoms with E-state index in [1.807, 2.05) is 0 Å². The number of nitro benzene ring substituents is 1. The largest absolute Gasteiger partial charge is 0.382 e. The molecule has 1 heterocycles. The lowest BCUT2D eigenvalue weighted by atomic mass is 10.2. The number of amides is 1. The average Bonchev–Trinajstić information content (AvgIpc) is 2.45. The molecule has 0 fully saturated rings. The molecule has 2 rings (SSSR count). The highest BCUT2D eigenvalue weighted by molar-refractivity contribution is 5.92. The predicted molar refractivity (Wildman–Crippen MR) is 70.7 cm³/mol. The molecular weight excluding hydrogens is 262 g/mol. The molecule has 8 nitrogen and oxygen atoms in total. The topological polar surface area (TPSA) is 124 Å². The van der Waals surface area contributed by atoms with E-state index in [1.54, 1.807) is 18.2 Å². The molecule has 1 aromatic carbocycles. The Morgan fingerprint density at radius 3 is 2.80 bits per heavy atom. The third-order valence-corrected chi connectivity index (χ3v) is 2.51. The van der Waals surface area contributed by atoms with Crippen molar-refractivity contribution in [3.63, 3.8) is 0 Å². The number of benzene rings is 1. The Kier molecular flexibility index (Phi) is 3.85. The fourth-order valence-electron chi connectivity index (χ4n) is 1.59. The summed E-state index contributed by atoms with van der Waals surface area (Å²) in [7, 11) is 0. The Labute approximate surface area is 113 Å². The third kappa shape index (κ3) is 3.05. The molecule has 0 aliphatic rings. The molecule has 0 radical (unpaired) electrons. The molecule has 0 atom stereocenters. The molecule has 0 bridgehead atoms. The smallest absolute Gasteiger partial charge is 0.274 e. The van der Waals surface area contributed by atoms with Gasteiger partial charge in [0.15, 0.2) is 0 Å². The minimum absolute atomic E-state index is 0.0203. The van der Waals surface area contributed by atoms with Gasteiger partial charge in [-0.15, -0.1) is 0 Å². The number of hydrogen-bond donors (Lipinski definition) is 2. The Morgan fingerprint density at radius 1 is 1.35 bits per heavy atom. The van der Waals surface area contributed by atoms with E-state index in [-0.39, 0.29) is 23.7 Å². The van der Waals surface area contributed by atoms with Crippen molar-refractivity contribution in [1.29, 1.82) is 0 Å². The second-order valence-electron chi connectivity index (χ2n) is 3.90. The maximum absolute atomic E-state index is 11.8. The standard InChI is InChI=1S/C12H11N5O3/c13-11-7-14-6-9(16-11)12(18)15-5-8-3-1-2-4-10(8)17(19)20/h1-4,6-7H,5H2,(H2,13,16)(H,15,18). The van der Waals surface area contributed by atoms with Crippen molar-refractivity contribution in [1.82, 2.24) is 15.3 Å². The molecule has 0 saturated heterocycles. The number of aromatic nitrogens is 2. The molecule has 2 aromatic rings. The van der Waals surface area contributed by atoms with E-state index in [4.69, 9.17) is 5.73 Å². The lowest BCUT2D eigenvalue weighted by Gasteiger charge is -2.05. The maximum Gasteiger partial charge on any atom is 0.274 e. The molecule has 0 aliphatic carbocycles. The van der Waals surface area contributed by atoms with Crippen molar-refractivity contribution < 1.29 is 9.72 Å². The first-order valence-corrected chi connectivity index (χ1v) is 5.66. The van der Waals surface area contributed by atoms with E-state index in [2.05, 4.69) is 15.3 Å². The van der Waals surface area contributed by atoms with Crippen molar-refractivity contribution in [3.05, 3.63) is 58.0 Å². The summed E-state index contributed by atoms with van der Waals surface area (Å²) in [6, 6.07) is 6.17. The van der Waals surface area contributed by atoms with Gasteiger partial charge in [-0.25, -0.2) is 4.98 Å². The number of hydrogen-bond acceptors (Lipinski definition) is 6. The summed E-state index contributed by atoms with van der Waals surface area (Å²) in [5.41, 5.74) is 5.84. The van der Waals surface area contributed by atoms with Gasteiger partial charge in [-0.3, -0.25) is 19.9 Å². The zero-order valence-electron chi connectivity index (χ0n) is 10.3. The van der Waals surface area contributed by atoms with Gasteiger partial charge in [0, 0.05) is 18.2 Å². The van der Waals surface area contributed by atoms with Crippen molar-refractivity contribution in [2.45, 2.75) is 6.54 Å². The summed E-state index contributed by atoms with van der Waals surface area (Å²) >= 11 is 0. The van der Waals surface area contributed by atoms with Gasteiger partial charge in [-0.1, -0.05) is 18.2 Å². The number of rotatable bonds is 4. The zero-order chi connectivity index (χ0) is 14.5. The lowest BCUT2D eigenvalue weighted by Crippen LogP contribution is -2.24. The Bertz CT molecular complexity index is 659. The van der Waals surface area contributed by atoms with Crippen LogP contribution in [0.3, 0.4) is 0 Å². The Morgan fingerprint density at radius 2 is 2.10 bits per heavy atom. The molecule has 1 aromatic heterocycles. The molecule has 0 saturated carbocycles. The highest BCUT2D eigenvalue weighted by Crippen LogP contribution is 2.17. The van der Waals surface area contributed by atoms with Crippen molar-refractivity contribution in [2.75, 3.05) is 5.73 Å². The lowest BCUT2D eigenvalue weighted by molar-refractivity contribution is -0.385. The maximum atomic E-state index is 11.8. The molecule has 1 amide bonds. The average molecular weight is 273 g/mol. The monoisotopic (exact) mass is 273 g/mol. The molecule has 0 spiro atoms. The van der Waals surface area contributed by atoms with Crippen LogP contribution in [0, 0.1) is 10.1 Å². The van der Waals surface area contributed by atoms with Crippen LogP contribution in [-0.2, 0) is 6.54 Å². The van der Waals surface area contributed by atoms with E-state index in [0.29, 0.717) is 5.56 Å². The molecule has 0 aliphatic heterocycles. The van der Waals surface area contributed by atoms with Gasteiger partial charge in [0.25, 0.3) is 11.6 Å². The summed E-state index contributed by atoms with van der Waals surface area (Å²) in [4.78, 5) is 29.7. The number of nitrogens with zero attached hydrogens (tertiary/aromatic N) is 3. The fraction of sp³-hybridized carbons (Fsp3) is 0.0833. The number of para-hydroxylation sites is 1. The van der Waals surface area contributed by atoms with Crippen molar-refractivity contribution >= 4 is 17.4 Å². The highest BCUT2D eigenvalue weighted by atomic mass is 16.6. The quantitative estimate of drug-likeness (QED) is 0.629. The number of nitrogen functional groups attached to an aromatic ring is 1. The molecule has 3 N–H and O–H groups in total. The number of nitro groups is 1. The van der Waals surface area contributed by atoms with E-state index in [1.165, 1.54) is 18.5 Å². The van der Waals surface area contributed by atoms with E-state index in [0.717, 1.165) is 0 Å². The minimum atomic E-state index is -0.498. The predicted octanol–water partition coefficient (Wildman–Crippen LogP) is 0.897. The Balaban J connectivity index is 2.09. The van der Waals surface area contributed by atoms with Crippen LogP contribution in [0.1, 0.15) is 16.1 Å². The van der Waals surface area contributed by atoms with Gasteiger partial charge in [0.05, 0.1) is 17.3 Å². The normalized spacial score (nSPS) is 10.0. The molecule has 8 heteroatoms. The highest BCUT2D eigenvalue weighted by Gasteiger charge is 2.14. The number of carbonyl (C=O) groups excluding carboxylic acids is 1. The third-order valence-electron chi connectivity index (χ3n) is 2.51. The molecule has 20 heavy (non-hydrogen) atoms. The van der Waals surface area contributed by atoms with Crippen LogP contribution in [0.15, 0.2) is 36.7 Å². The van der Waals surface area contributed by atoms with Gasteiger partial charge in [-0.2, -0.15) is 0 Å². The summed E-state index contributed by atoms with van der Waals surface area (Å²) in [5.74, 6) is -0.369. The van der Waals surface area contributed by atoms with Crippen LogP contribution in [-0.4, -0.2) is 20.8 Å². The zero-order valence-corrected chi connectivity index (χ0v) is 10.3. The molecule has 0 unspecified atom stereocenters. The summed E-state index contributed by atoms with van der Waals surface area (Å²) < 4.78 is 0. The fourth-order valence-corrected chi connectivity index (χ4v) is 1.59. The van der Waals surface area contributed by atoms with Gasteiger partial charge < -0.3 is 11.1 Å². The van der Waals surface area contributed by atoms with Crippen molar-refractivity contribution in [2.24, 2.45) is 0 Å². The summed E-state index contributed by atoms with van der Waals surface area (Å²) in [6.45, 7) is 0.0203. The van der Waals surface area contributed by atoms with Crippen LogP contribution in [0.5, 0.6) is 0 Å². The van der Waals surface area contributed by atoms with Gasteiger partial charge in [0.1, 0.15) is 11.5 Å². The number of nitrogens with two attached hydrogens (primary N) is 1. The molecular formula is C12H11N5O3. The van der Waals surface area contributed by atoms with E-state index in [9.17, 15) is 14.9 Å². The van der Waals surface area contributed by atoms with Crippen molar-refractivity contribution in [3.8, 4) is 0 Å². The second-order valence-corrected chi connectivity index (χ2v) is 3.90. The Hall–Kier alpha value is -3.03. The van der Waals surface area contributed by atoms with Crippen LogP contribution in [0.2, 0.25) is 0 Å². The first kappa shape index (κ1) is 13.4. The van der Waals surface area contributed by atoms with E-state index < -0.39 is 10.8 Å². The van der Waals surface area contributed by atoms with Gasteiger partial charge in [0.2, 0.25) is 0 Å². The first-order valence-electron chi connectivity index (χ1n) is 5.66. The SMILES string of the molecule is Nc1cncc(C(=O)NCc2ccccc2[N+](=O)[O-])n1. The number of carbonyl (C=O) groups is 1. The summed E-state index contributed by atoms with van der Waals surface area (Å²) in [6.07, 6.45) is 2.59. The van der Waals surface area contributed by atoms with Crippen LogP contribution in [0.25, 0.3) is 0 Å². The van der Waals surface area contributed by atoms with Crippen LogP contribution in [0.4, 0.5) is 11.5 Å².